The second-order valence-electron chi connectivity index (χ2n) is 9.83. The van der Waals surface area contributed by atoms with Gasteiger partial charge in [0.1, 0.15) is 5.82 Å². The van der Waals surface area contributed by atoms with E-state index in [0.717, 1.165) is 44.2 Å². The minimum absolute atomic E-state index is 0.110. The Morgan fingerprint density at radius 3 is 2.54 bits per heavy atom. The third kappa shape index (κ3) is 6.34. The molecule has 1 fully saturated rings. The average Bonchev–Trinajstić information content (AvgIpc) is 2.87. The van der Waals surface area contributed by atoms with Gasteiger partial charge in [0.2, 0.25) is 5.91 Å². The fraction of sp³-hybridized carbons (Fsp3) is 0.556. The monoisotopic (exact) mass is 488 g/mol. The molecule has 5 nitrogen and oxygen atoms in total. The van der Waals surface area contributed by atoms with Gasteiger partial charge in [-0.3, -0.25) is 4.79 Å². The number of nitrogens with zero attached hydrogens (tertiary/aromatic N) is 3. The molecule has 1 aromatic carbocycles. The van der Waals surface area contributed by atoms with Gasteiger partial charge < -0.3 is 15.1 Å². The summed E-state index contributed by atoms with van der Waals surface area (Å²) in [6, 6.07) is 11.4. The third-order valence-corrected chi connectivity index (χ3v) is 7.36. The summed E-state index contributed by atoms with van der Waals surface area (Å²) in [5.74, 6) is 0.321. The highest BCUT2D eigenvalue weighted by Gasteiger charge is 2.32. The van der Waals surface area contributed by atoms with Crippen molar-refractivity contribution in [3.8, 4) is 0 Å². The van der Waals surface area contributed by atoms with Crippen molar-refractivity contribution in [2.75, 3.05) is 31.1 Å². The van der Waals surface area contributed by atoms with Crippen LogP contribution >= 0.6 is 0 Å². The van der Waals surface area contributed by atoms with Gasteiger partial charge in [0.05, 0.1) is 5.56 Å². The van der Waals surface area contributed by atoms with Crippen LogP contribution in [-0.2, 0) is 23.8 Å². The largest absolute Gasteiger partial charge is 0.416 e. The number of hydrogen-bond acceptors (Lipinski definition) is 4. The molecule has 2 aliphatic rings. The Labute approximate surface area is 205 Å². The fourth-order valence-corrected chi connectivity index (χ4v) is 5.29. The van der Waals surface area contributed by atoms with Gasteiger partial charge in [-0.2, -0.15) is 13.2 Å². The standard InChI is InChI=1S/C27H35F3N4O/c1-3-23(32-24-9-8-20-6-4-5-7-21(20)17-24)16-19(2)26(35)34-14-12-33(13-15-34)25-18-22(10-11-31-25)27(28,29)30/h4-7,10-11,18-19,23-24,32H,3,8-9,12-17H2,1-2H3. The molecule has 4 rings (SSSR count). The molecule has 3 atom stereocenters. The van der Waals surface area contributed by atoms with Crippen LogP contribution in [-0.4, -0.2) is 54.1 Å². The second kappa shape index (κ2) is 11.0. The number of nitrogens with one attached hydrogen (secondary N) is 1. The highest BCUT2D eigenvalue weighted by molar-refractivity contribution is 5.78. The van der Waals surface area contributed by atoms with Gasteiger partial charge in [0, 0.05) is 50.4 Å². The number of benzene rings is 1. The Bertz CT molecular complexity index is 1000. The number of aromatic nitrogens is 1. The molecule has 2 aromatic rings. The van der Waals surface area contributed by atoms with Crippen molar-refractivity contribution in [2.24, 2.45) is 5.92 Å². The predicted molar refractivity (Wildman–Crippen MR) is 131 cm³/mol. The van der Waals surface area contributed by atoms with Crippen LogP contribution in [0, 0.1) is 5.92 Å². The minimum Gasteiger partial charge on any atom is -0.353 e. The van der Waals surface area contributed by atoms with Gasteiger partial charge in [0.15, 0.2) is 0 Å². The molecule has 3 unspecified atom stereocenters. The lowest BCUT2D eigenvalue weighted by Gasteiger charge is -2.37. The van der Waals surface area contributed by atoms with Crippen LogP contribution < -0.4 is 10.2 Å². The number of carbonyl (C=O) groups is 1. The number of alkyl halides is 3. The minimum atomic E-state index is -4.39. The molecule has 0 bridgehead atoms. The second-order valence-corrected chi connectivity index (χ2v) is 9.83. The van der Waals surface area contributed by atoms with E-state index < -0.39 is 11.7 Å². The van der Waals surface area contributed by atoms with Crippen molar-refractivity contribution in [1.82, 2.24) is 15.2 Å². The van der Waals surface area contributed by atoms with Gasteiger partial charge in [-0.05, 0) is 55.4 Å². The number of anilines is 1. The van der Waals surface area contributed by atoms with Crippen LogP contribution in [0.5, 0.6) is 0 Å². The molecular formula is C27H35F3N4O. The molecule has 1 aliphatic carbocycles. The Morgan fingerprint density at radius 1 is 1.14 bits per heavy atom. The zero-order valence-corrected chi connectivity index (χ0v) is 20.5. The van der Waals surface area contributed by atoms with Crippen molar-refractivity contribution in [3.05, 3.63) is 59.3 Å². The van der Waals surface area contributed by atoms with Crippen LogP contribution in [0.4, 0.5) is 19.0 Å². The molecule has 0 saturated carbocycles. The molecule has 2 heterocycles. The van der Waals surface area contributed by atoms with Crippen LogP contribution in [0.1, 0.15) is 49.8 Å². The van der Waals surface area contributed by atoms with Gasteiger partial charge in [-0.15, -0.1) is 0 Å². The number of hydrogen-bond donors (Lipinski definition) is 1. The van der Waals surface area contributed by atoms with Gasteiger partial charge in [-0.25, -0.2) is 4.98 Å². The summed E-state index contributed by atoms with van der Waals surface area (Å²) >= 11 is 0. The Morgan fingerprint density at radius 2 is 1.86 bits per heavy atom. The van der Waals surface area contributed by atoms with E-state index >= 15 is 0 Å². The number of pyridine rings is 1. The first-order chi connectivity index (χ1) is 16.7. The highest BCUT2D eigenvalue weighted by atomic mass is 19.4. The maximum absolute atomic E-state index is 13.1. The van der Waals surface area contributed by atoms with Crippen molar-refractivity contribution >= 4 is 11.7 Å². The molecule has 0 radical (unpaired) electrons. The number of amides is 1. The first-order valence-corrected chi connectivity index (χ1v) is 12.6. The van der Waals surface area contributed by atoms with Crippen molar-refractivity contribution < 1.29 is 18.0 Å². The van der Waals surface area contributed by atoms with Crippen LogP contribution in [0.3, 0.4) is 0 Å². The fourth-order valence-electron chi connectivity index (χ4n) is 5.29. The first-order valence-electron chi connectivity index (χ1n) is 12.6. The summed E-state index contributed by atoms with van der Waals surface area (Å²) in [7, 11) is 0. The molecule has 190 valence electrons. The molecule has 1 N–H and O–H groups in total. The van der Waals surface area contributed by atoms with E-state index in [0.29, 0.717) is 38.0 Å². The average molecular weight is 489 g/mol. The van der Waals surface area contributed by atoms with Gasteiger partial charge >= 0.3 is 6.18 Å². The third-order valence-electron chi connectivity index (χ3n) is 7.36. The normalized spacial score (nSPS) is 20.3. The number of fused-ring (bicyclic) bond motifs is 1. The number of rotatable bonds is 7. The molecule has 8 heteroatoms. The lowest BCUT2D eigenvalue weighted by Crippen LogP contribution is -2.51. The van der Waals surface area contributed by atoms with E-state index in [4.69, 9.17) is 0 Å². The molecule has 1 amide bonds. The smallest absolute Gasteiger partial charge is 0.353 e. The van der Waals surface area contributed by atoms with Crippen LogP contribution in [0.2, 0.25) is 0 Å². The number of aryl methyl sites for hydroxylation is 1. The van der Waals surface area contributed by atoms with Crippen molar-refractivity contribution in [1.29, 1.82) is 0 Å². The summed E-state index contributed by atoms with van der Waals surface area (Å²) in [5, 5.41) is 3.80. The molecule has 35 heavy (non-hydrogen) atoms. The quantitative estimate of drug-likeness (QED) is 0.614. The SMILES string of the molecule is CCC(CC(C)C(=O)N1CCN(c2cc(C(F)(F)F)ccn2)CC1)NC1CCc2ccccc2C1. The van der Waals surface area contributed by atoms with E-state index in [1.54, 1.807) is 0 Å². The van der Waals surface area contributed by atoms with E-state index in [-0.39, 0.29) is 17.9 Å². The van der Waals surface area contributed by atoms with Crippen molar-refractivity contribution in [2.45, 2.75) is 64.2 Å². The summed E-state index contributed by atoms with van der Waals surface area (Å²) in [6.07, 6.45) is 1.77. The van der Waals surface area contributed by atoms with Gasteiger partial charge in [0.25, 0.3) is 0 Å². The summed E-state index contributed by atoms with van der Waals surface area (Å²) in [5.41, 5.74) is 2.17. The van der Waals surface area contributed by atoms with Crippen LogP contribution in [0.25, 0.3) is 0 Å². The highest BCUT2D eigenvalue weighted by Crippen LogP contribution is 2.31. The topological polar surface area (TPSA) is 48.5 Å². The predicted octanol–water partition coefficient (Wildman–Crippen LogP) is 4.70. The van der Waals surface area contributed by atoms with E-state index in [9.17, 15) is 18.0 Å². The first kappa shape index (κ1) is 25.5. The van der Waals surface area contributed by atoms with Gasteiger partial charge in [-0.1, -0.05) is 38.1 Å². The Hall–Kier alpha value is -2.61. The Kier molecular flexibility index (Phi) is 7.99. The summed E-state index contributed by atoms with van der Waals surface area (Å²) in [6.45, 7) is 6.08. The molecule has 1 aliphatic heterocycles. The molecule has 1 saturated heterocycles. The van der Waals surface area contributed by atoms with E-state index in [2.05, 4.69) is 41.5 Å². The molecule has 0 spiro atoms. The van der Waals surface area contributed by atoms with Crippen molar-refractivity contribution in [3.63, 3.8) is 0 Å². The zero-order chi connectivity index (χ0) is 25.0. The zero-order valence-electron chi connectivity index (χ0n) is 20.5. The maximum Gasteiger partial charge on any atom is 0.416 e. The lowest BCUT2D eigenvalue weighted by molar-refractivity contribution is -0.137. The lowest BCUT2D eigenvalue weighted by atomic mass is 9.87. The molecule has 1 aromatic heterocycles. The maximum atomic E-state index is 13.1. The summed E-state index contributed by atoms with van der Waals surface area (Å²) in [4.78, 5) is 20.9. The number of halogens is 3. The summed E-state index contributed by atoms with van der Waals surface area (Å²) < 4.78 is 39.1. The van der Waals surface area contributed by atoms with E-state index in [1.807, 2.05) is 16.7 Å². The van der Waals surface area contributed by atoms with E-state index in [1.165, 1.54) is 17.3 Å². The number of carbonyl (C=O) groups excluding carboxylic acids is 1. The van der Waals surface area contributed by atoms with Crippen LogP contribution in [0.15, 0.2) is 42.6 Å². The number of piperazine rings is 1. The molecular weight excluding hydrogens is 453 g/mol. The Balaban J connectivity index is 1.27.